The van der Waals surface area contributed by atoms with Crippen molar-refractivity contribution in [1.29, 1.82) is 0 Å². The summed E-state index contributed by atoms with van der Waals surface area (Å²) in [6.07, 6.45) is 5.50. The normalized spacial score (nSPS) is 38.8. The lowest BCUT2D eigenvalue weighted by atomic mass is 9.80. The molecule has 0 amide bonds. The average Bonchev–Trinajstić information content (AvgIpc) is 2.49. The van der Waals surface area contributed by atoms with E-state index in [1.165, 1.54) is 45.3 Å². The van der Waals surface area contributed by atoms with Crippen molar-refractivity contribution < 1.29 is 0 Å². The molecule has 94 valence electrons. The van der Waals surface area contributed by atoms with Crippen LogP contribution in [0.4, 0.5) is 0 Å². The van der Waals surface area contributed by atoms with Crippen LogP contribution in [0.3, 0.4) is 0 Å². The number of hydrogen-bond acceptors (Lipinski definition) is 2. The first-order valence-corrected chi connectivity index (χ1v) is 7.18. The van der Waals surface area contributed by atoms with E-state index in [2.05, 4.69) is 31.0 Å². The summed E-state index contributed by atoms with van der Waals surface area (Å²) >= 11 is 0. The monoisotopic (exact) mass is 224 g/mol. The van der Waals surface area contributed by atoms with Gasteiger partial charge in [-0.15, -0.1) is 0 Å². The predicted octanol–water partition coefficient (Wildman–Crippen LogP) is 2.49. The second-order valence-electron chi connectivity index (χ2n) is 6.03. The molecule has 1 saturated carbocycles. The van der Waals surface area contributed by atoms with Gasteiger partial charge in [0.1, 0.15) is 0 Å². The van der Waals surface area contributed by atoms with E-state index in [-0.39, 0.29) is 0 Å². The van der Waals surface area contributed by atoms with Gasteiger partial charge in [-0.25, -0.2) is 0 Å². The van der Waals surface area contributed by atoms with Crippen LogP contribution < -0.4 is 5.32 Å². The zero-order valence-corrected chi connectivity index (χ0v) is 11.2. The predicted molar refractivity (Wildman–Crippen MR) is 69.6 cm³/mol. The molecule has 2 atom stereocenters. The minimum atomic E-state index is 0.725. The first-order chi connectivity index (χ1) is 7.70. The molecule has 0 aromatic carbocycles. The van der Waals surface area contributed by atoms with Crippen molar-refractivity contribution in [3.8, 4) is 0 Å². The fourth-order valence-electron chi connectivity index (χ4n) is 3.13. The largest absolute Gasteiger partial charge is 0.312 e. The van der Waals surface area contributed by atoms with Crippen LogP contribution in [-0.4, -0.2) is 36.6 Å². The van der Waals surface area contributed by atoms with Crippen molar-refractivity contribution in [1.82, 2.24) is 10.2 Å². The molecule has 16 heavy (non-hydrogen) atoms. The van der Waals surface area contributed by atoms with Gasteiger partial charge in [-0.05, 0) is 44.2 Å². The van der Waals surface area contributed by atoms with Crippen molar-refractivity contribution >= 4 is 0 Å². The quantitative estimate of drug-likeness (QED) is 0.792. The van der Waals surface area contributed by atoms with Crippen molar-refractivity contribution in [2.45, 2.75) is 58.5 Å². The number of nitrogens with zero attached hydrogens (tertiary/aromatic N) is 1. The van der Waals surface area contributed by atoms with E-state index in [1.54, 1.807) is 0 Å². The first-order valence-electron chi connectivity index (χ1n) is 7.18. The molecule has 1 aliphatic heterocycles. The van der Waals surface area contributed by atoms with Crippen LogP contribution in [0.1, 0.15) is 46.5 Å². The summed E-state index contributed by atoms with van der Waals surface area (Å²) in [6, 6.07) is 1.63. The number of nitrogens with one attached hydrogen (secondary N) is 1. The van der Waals surface area contributed by atoms with Crippen LogP contribution >= 0.6 is 0 Å². The minimum Gasteiger partial charge on any atom is -0.312 e. The highest BCUT2D eigenvalue weighted by Gasteiger charge is 2.33. The SMILES string of the molecule is CCC(C)C1CN(C2CC(C)C2)CCCN1. The van der Waals surface area contributed by atoms with Gasteiger partial charge in [-0.2, -0.15) is 0 Å². The molecule has 2 heteroatoms. The second-order valence-corrected chi connectivity index (χ2v) is 6.03. The molecule has 2 rings (SSSR count). The van der Waals surface area contributed by atoms with Gasteiger partial charge in [0.25, 0.3) is 0 Å². The third kappa shape index (κ3) is 2.78. The van der Waals surface area contributed by atoms with E-state index in [4.69, 9.17) is 0 Å². The second kappa shape index (κ2) is 5.50. The van der Waals surface area contributed by atoms with E-state index >= 15 is 0 Å². The molecule has 2 aliphatic rings. The van der Waals surface area contributed by atoms with Crippen LogP contribution in [0.25, 0.3) is 0 Å². The van der Waals surface area contributed by atoms with Crippen molar-refractivity contribution in [3.63, 3.8) is 0 Å². The Hall–Kier alpha value is -0.0800. The zero-order chi connectivity index (χ0) is 11.5. The molecule has 1 heterocycles. The van der Waals surface area contributed by atoms with Gasteiger partial charge in [-0.1, -0.05) is 27.2 Å². The average molecular weight is 224 g/mol. The Morgan fingerprint density at radius 1 is 1.38 bits per heavy atom. The maximum Gasteiger partial charge on any atom is 0.0220 e. The van der Waals surface area contributed by atoms with Crippen LogP contribution in [0, 0.1) is 11.8 Å². The van der Waals surface area contributed by atoms with Gasteiger partial charge in [0.15, 0.2) is 0 Å². The van der Waals surface area contributed by atoms with Gasteiger partial charge in [-0.3, -0.25) is 4.90 Å². The van der Waals surface area contributed by atoms with E-state index in [1.807, 2.05) is 0 Å². The minimum absolute atomic E-state index is 0.725. The summed E-state index contributed by atoms with van der Waals surface area (Å²) in [5, 5.41) is 3.73. The Kier molecular flexibility index (Phi) is 4.26. The third-order valence-corrected chi connectivity index (χ3v) is 4.66. The highest BCUT2D eigenvalue weighted by Crippen LogP contribution is 2.32. The molecule has 0 aromatic rings. The molecule has 0 spiro atoms. The lowest BCUT2D eigenvalue weighted by molar-refractivity contribution is 0.0791. The van der Waals surface area contributed by atoms with Gasteiger partial charge >= 0.3 is 0 Å². The number of hydrogen-bond donors (Lipinski definition) is 1. The van der Waals surface area contributed by atoms with E-state index in [9.17, 15) is 0 Å². The molecular formula is C14H28N2. The summed E-state index contributed by atoms with van der Waals surface area (Å²) in [6.45, 7) is 10.9. The summed E-state index contributed by atoms with van der Waals surface area (Å²) in [4.78, 5) is 2.76. The molecule has 2 nitrogen and oxygen atoms in total. The lowest BCUT2D eigenvalue weighted by Gasteiger charge is -2.42. The molecule has 2 fully saturated rings. The standard InChI is InChI=1S/C14H28N2/c1-4-12(3)14-10-16(7-5-6-15-14)13-8-11(2)9-13/h11-15H,4-10H2,1-3H3. The molecule has 1 N–H and O–H groups in total. The van der Waals surface area contributed by atoms with Gasteiger partial charge in [0, 0.05) is 18.6 Å². The summed E-state index contributed by atoms with van der Waals surface area (Å²) in [5.41, 5.74) is 0. The van der Waals surface area contributed by atoms with Crippen LogP contribution in [0.5, 0.6) is 0 Å². The van der Waals surface area contributed by atoms with Crippen LogP contribution in [-0.2, 0) is 0 Å². The molecule has 0 radical (unpaired) electrons. The summed E-state index contributed by atoms with van der Waals surface area (Å²) in [7, 11) is 0. The Morgan fingerprint density at radius 3 is 2.75 bits per heavy atom. The van der Waals surface area contributed by atoms with E-state index < -0.39 is 0 Å². The summed E-state index contributed by atoms with van der Waals surface area (Å²) < 4.78 is 0. The maximum absolute atomic E-state index is 3.73. The molecule has 1 aliphatic carbocycles. The zero-order valence-electron chi connectivity index (χ0n) is 11.2. The number of rotatable bonds is 3. The Morgan fingerprint density at radius 2 is 2.12 bits per heavy atom. The van der Waals surface area contributed by atoms with Gasteiger partial charge in [0.2, 0.25) is 0 Å². The third-order valence-electron chi connectivity index (χ3n) is 4.66. The Labute approximate surface area is 101 Å². The van der Waals surface area contributed by atoms with Gasteiger partial charge < -0.3 is 5.32 Å². The molecule has 0 aromatic heterocycles. The Bertz CT molecular complexity index is 211. The fourth-order valence-corrected chi connectivity index (χ4v) is 3.13. The van der Waals surface area contributed by atoms with Crippen molar-refractivity contribution in [2.75, 3.05) is 19.6 Å². The topological polar surface area (TPSA) is 15.3 Å². The molecule has 2 unspecified atom stereocenters. The lowest BCUT2D eigenvalue weighted by Crippen LogP contribution is -2.49. The molecular weight excluding hydrogens is 196 g/mol. The first kappa shape index (κ1) is 12.4. The van der Waals surface area contributed by atoms with Crippen LogP contribution in [0.2, 0.25) is 0 Å². The highest BCUT2D eigenvalue weighted by atomic mass is 15.2. The van der Waals surface area contributed by atoms with Crippen molar-refractivity contribution in [2.24, 2.45) is 11.8 Å². The molecule has 0 bridgehead atoms. The van der Waals surface area contributed by atoms with E-state index in [0.29, 0.717) is 0 Å². The van der Waals surface area contributed by atoms with Gasteiger partial charge in [0.05, 0.1) is 0 Å². The fraction of sp³-hybridized carbons (Fsp3) is 1.00. The Balaban J connectivity index is 1.88. The van der Waals surface area contributed by atoms with E-state index in [0.717, 1.165) is 23.9 Å². The summed E-state index contributed by atoms with van der Waals surface area (Å²) in [5.74, 6) is 1.79. The van der Waals surface area contributed by atoms with Crippen molar-refractivity contribution in [3.05, 3.63) is 0 Å². The maximum atomic E-state index is 3.73. The van der Waals surface area contributed by atoms with Crippen LogP contribution in [0.15, 0.2) is 0 Å². The highest BCUT2D eigenvalue weighted by molar-refractivity contribution is 4.89. The molecule has 1 saturated heterocycles. The smallest absolute Gasteiger partial charge is 0.0220 e.